The maximum atomic E-state index is 12.5. The van der Waals surface area contributed by atoms with Crippen LogP contribution < -0.4 is 5.32 Å². The minimum atomic E-state index is -0.166. The zero-order valence-electron chi connectivity index (χ0n) is 12.6. The zero-order chi connectivity index (χ0) is 15.6. The number of aromatic amines is 1. The maximum absolute atomic E-state index is 12.5. The van der Waals surface area contributed by atoms with Crippen molar-refractivity contribution in [3.8, 4) is 11.5 Å². The summed E-state index contributed by atoms with van der Waals surface area (Å²) in [6.45, 7) is 0. The summed E-state index contributed by atoms with van der Waals surface area (Å²) < 4.78 is 5.31. The predicted molar refractivity (Wildman–Crippen MR) is 85.9 cm³/mol. The van der Waals surface area contributed by atoms with E-state index < -0.39 is 0 Å². The van der Waals surface area contributed by atoms with Crippen LogP contribution in [0.5, 0.6) is 0 Å². The number of nitrogens with zero attached hydrogens (tertiary/aromatic N) is 1. The Balaban J connectivity index is 1.53. The average molecular weight is 307 g/mol. The van der Waals surface area contributed by atoms with Crippen LogP contribution in [0.15, 0.2) is 53.1 Å². The summed E-state index contributed by atoms with van der Waals surface area (Å²) in [6.07, 6.45) is 4.71. The molecule has 0 fully saturated rings. The van der Waals surface area contributed by atoms with Crippen LogP contribution in [-0.4, -0.2) is 16.1 Å². The van der Waals surface area contributed by atoms with Gasteiger partial charge in [-0.1, -0.05) is 24.3 Å². The molecule has 5 heteroatoms. The highest BCUT2D eigenvalue weighted by Gasteiger charge is 2.23. The first kappa shape index (κ1) is 13.8. The number of benzene rings is 1. The zero-order valence-corrected chi connectivity index (χ0v) is 12.6. The molecule has 0 saturated heterocycles. The molecule has 4 rings (SSSR count). The lowest BCUT2D eigenvalue weighted by molar-refractivity contribution is 0.0927. The number of hydrogen-bond acceptors (Lipinski definition) is 3. The topological polar surface area (TPSA) is 70.9 Å². The average Bonchev–Trinajstić information content (AvgIpc) is 3.26. The van der Waals surface area contributed by atoms with Gasteiger partial charge in [0.1, 0.15) is 5.69 Å². The Hall–Kier alpha value is -2.82. The van der Waals surface area contributed by atoms with Crippen molar-refractivity contribution in [2.75, 3.05) is 0 Å². The van der Waals surface area contributed by atoms with Crippen LogP contribution >= 0.6 is 0 Å². The van der Waals surface area contributed by atoms with Gasteiger partial charge in [-0.15, -0.1) is 0 Å². The van der Waals surface area contributed by atoms with Crippen LogP contribution in [0.4, 0.5) is 0 Å². The first-order chi connectivity index (χ1) is 11.3. The third kappa shape index (κ3) is 2.65. The molecule has 23 heavy (non-hydrogen) atoms. The van der Waals surface area contributed by atoms with Crippen LogP contribution in [0.2, 0.25) is 0 Å². The Labute approximate surface area is 133 Å². The van der Waals surface area contributed by atoms with Gasteiger partial charge in [-0.05, 0) is 42.5 Å². The third-order valence-corrected chi connectivity index (χ3v) is 4.27. The van der Waals surface area contributed by atoms with Crippen LogP contribution in [-0.2, 0) is 6.42 Å². The van der Waals surface area contributed by atoms with Crippen molar-refractivity contribution in [1.29, 1.82) is 0 Å². The van der Waals surface area contributed by atoms with Gasteiger partial charge in [-0.3, -0.25) is 9.89 Å². The Morgan fingerprint density at radius 1 is 1.26 bits per heavy atom. The van der Waals surface area contributed by atoms with Gasteiger partial charge in [-0.2, -0.15) is 5.10 Å². The van der Waals surface area contributed by atoms with E-state index in [0.717, 1.165) is 19.3 Å². The molecule has 1 atom stereocenters. The number of aryl methyl sites for hydroxylation is 1. The molecule has 0 unspecified atom stereocenters. The number of aromatic nitrogens is 2. The van der Waals surface area contributed by atoms with Crippen molar-refractivity contribution in [2.24, 2.45) is 0 Å². The van der Waals surface area contributed by atoms with Crippen LogP contribution in [0.25, 0.3) is 11.5 Å². The summed E-state index contributed by atoms with van der Waals surface area (Å²) in [7, 11) is 0. The Bertz CT molecular complexity index is 820. The van der Waals surface area contributed by atoms with Crippen molar-refractivity contribution in [3.63, 3.8) is 0 Å². The molecule has 1 aliphatic rings. The van der Waals surface area contributed by atoms with E-state index in [4.69, 9.17) is 4.42 Å². The molecule has 1 amide bonds. The largest absolute Gasteiger partial charge is 0.463 e. The summed E-state index contributed by atoms with van der Waals surface area (Å²) in [5, 5.41) is 10.0. The summed E-state index contributed by atoms with van der Waals surface area (Å²) in [5.74, 6) is 0.500. The molecule has 116 valence electrons. The van der Waals surface area contributed by atoms with Gasteiger partial charge in [-0.25, -0.2) is 0 Å². The number of nitrogens with one attached hydrogen (secondary N) is 2. The summed E-state index contributed by atoms with van der Waals surface area (Å²) >= 11 is 0. The van der Waals surface area contributed by atoms with E-state index >= 15 is 0 Å². The van der Waals surface area contributed by atoms with Gasteiger partial charge in [0.05, 0.1) is 12.3 Å². The standard InChI is InChI=1S/C18H17N3O2/c22-18(16-11-15(20-21-16)17-9-4-10-23-17)19-14-8-3-6-12-5-1-2-7-13(12)14/h1-2,4-5,7,9-11,14H,3,6,8H2,(H,19,22)(H,20,21)/t14-/m1/s1. The molecular formula is C18H17N3O2. The second kappa shape index (κ2) is 5.76. The smallest absolute Gasteiger partial charge is 0.272 e. The number of H-pyrrole nitrogens is 1. The number of furan rings is 1. The lowest BCUT2D eigenvalue weighted by atomic mass is 9.87. The number of amides is 1. The van der Waals surface area contributed by atoms with E-state index in [-0.39, 0.29) is 11.9 Å². The van der Waals surface area contributed by atoms with Gasteiger partial charge < -0.3 is 9.73 Å². The normalized spacial score (nSPS) is 16.8. The lowest BCUT2D eigenvalue weighted by Crippen LogP contribution is -2.31. The molecule has 0 radical (unpaired) electrons. The lowest BCUT2D eigenvalue weighted by Gasteiger charge is -2.26. The quantitative estimate of drug-likeness (QED) is 0.778. The molecule has 2 N–H and O–H groups in total. The number of hydrogen-bond donors (Lipinski definition) is 2. The Morgan fingerprint density at radius 2 is 2.17 bits per heavy atom. The third-order valence-electron chi connectivity index (χ3n) is 4.27. The van der Waals surface area contributed by atoms with Crippen molar-refractivity contribution >= 4 is 5.91 Å². The van der Waals surface area contributed by atoms with Crippen LogP contribution in [0.1, 0.15) is 40.5 Å². The van der Waals surface area contributed by atoms with E-state index in [0.29, 0.717) is 17.1 Å². The van der Waals surface area contributed by atoms with Crippen molar-refractivity contribution in [3.05, 3.63) is 65.5 Å². The van der Waals surface area contributed by atoms with Crippen molar-refractivity contribution < 1.29 is 9.21 Å². The molecule has 1 aliphatic carbocycles. The maximum Gasteiger partial charge on any atom is 0.272 e. The van der Waals surface area contributed by atoms with Gasteiger partial charge >= 0.3 is 0 Å². The van der Waals surface area contributed by atoms with Crippen molar-refractivity contribution in [2.45, 2.75) is 25.3 Å². The summed E-state index contributed by atoms with van der Waals surface area (Å²) in [6, 6.07) is 13.7. The Kier molecular flexibility index (Phi) is 3.46. The molecule has 2 heterocycles. The number of carbonyl (C=O) groups excluding carboxylic acids is 1. The molecular weight excluding hydrogens is 290 g/mol. The fourth-order valence-electron chi connectivity index (χ4n) is 3.13. The molecule has 0 saturated carbocycles. The van der Waals surface area contributed by atoms with E-state index in [1.54, 1.807) is 18.4 Å². The fraction of sp³-hybridized carbons (Fsp3) is 0.222. The Morgan fingerprint density at radius 3 is 3.04 bits per heavy atom. The SMILES string of the molecule is O=C(N[C@@H]1CCCc2ccccc21)c1cc(-c2ccco2)[nH]n1. The van der Waals surface area contributed by atoms with Crippen LogP contribution in [0, 0.1) is 0 Å². The first-order valence-corrected chi connectivity index (χ1v) is 7.79. The van der Waals surface area contributed by atoms with E-state index in [1.807, 2.05) is 18.2 Å². The second-order valence-corrected chi connectivity index (χ2v) is 5.76. The monoisotopic (exact) mass is 307 g/mol. The molecule has 5 nitrogen and oxygen atoms in total. The highest BCUT2D eigenvalue weighted by Crippen LogP contribution is 2.29. The molecule has 0 spiro atoms. The van der Waals surface area contributed by atoms with Gasteiger partial charge in [0.2, 0.25) is 0 Å². The second-order valence-electron chi connectivity index (χ2n) is 5.76. The minimum Gasteiger partial charge on any atom is -0.463 e. The molecule has 3 aromatic rings. The fourth-order valence-corrected chi connectivity index (χ4v) is 3.13. The van der Waals surface area contributed by atoms with Crippen LogP contribution in [0.3, 0.4) is 0 Å². The predicted octanol–water partition coefficient (Wildman–Crippen LogP) is 3.48. The van der Waals surface area contributed by atoms with Gasteiger partial charge in [0.15, 0.2) is 11.5 Å². The highest BCUT2D eigenvalue weighted by atomic mass is 16.3. The first-order valence-electron chi connectivity index (χ1n) is 7.79. The number of rotatable bonds is 3. The van der Waals surface area contributed by atoms with E-state index in [9.17, 15) is 4.79 Å². The summed E-state index contributed by atoms with van der Waals surface area (Å²) in [4.78, 5) is 12.5. The summed E-state index contributed by atoms with van der Waals surface area (Å²) in [5.41, 5.74) is 3.61. The minimum absolute atomic E-state index is 0.0520. The number of carbonyl (C=O) groups is 1. The molecule has 0 aliphatic heterocycles. The molecule has 1 aromatic carbocycles. The van der Waals surface area contributed by atoms with Gasteiger partial charge in [0, 0.05) is 6.07 Å². The highest BCUT2D eigenvalue weighted by molar-refractivity contribution is 5.93. The number of fused-ring (bicyclic) bond motifs is 1. The van der Waals surface area contributed by atoms with E-state index in [1.165, 1.54) is 11.1 Å². The van der Waals surface area contributed by atoms with Crippen molar-refractivity contribution in [1.82, 2.24) is 15.5 Å². The van der Waals surface area contributed by atoms with Gasteiger partial charge in [0.25, 0.3) is 5.91 Å². The van der Waals surface area contributed by atoms with E-state index in [2.05, 4.69) is 27.6 Å². The molecule has 2 aromatic heterocycles. The molecule has 0 bridgehead atoms.